The van der Waals surface area contributed by atoms with E-state index in [0.717, 1.165) is 12.8 Å². The van der Waals surface area contributed by atoms with Gasteiger partial charge in [-0.1, -0.05) is 0 Å². The minimum Gasteiger partial charge on any atom is -0.480 e. The van der Waals surface area contributed by atoms with Crippen LogP contribution in [0.15, 0.2) is 0 Å². The highest BCUT2D eigenvalue weighted by molar-refractivity contribution is 5.87. The third-order valence-electron chi connectivity index (χ3n) is 2.81. The molecule has 0 spiro atoms. The molecule has 7 nitrogen and oxygen atoms in total. The molecule has 4 N–H and O–H groups in total. The van der Waals surface area contributed by atoms with E-state index in [1.54, 1.807) is 4.90 Å². The number of carbonyl (C=O) groups excluding carboxylic acids is 2. The van der Waals surface area contributed by atoms with Gasteiger partial charge in [0.1, 0.15) is 6.04 Å². The lowest BCUT2D eigenvalue weighted by Gasteiger charge is -2.23. The van der Waals surface area contributed by atoms with Gasteiger partial charge in [0.15, 0.2) is 0 Å². The fraction of sp³-hybridized carbons (Fsp3) is 0.700. The molecule has 0 aliphatic carbocycles. The van der Waals surface area contributed by atoms with Crippen molar-refractivity contribution >= 4 is 17.9 Å². The molecule has 0 bridgehead atoms. The van der Waals surface area contributed by atoms with Crippen molar-refractivity contribution in [3.05, 3.63) is 0 Å². The molecule has 1 saturated heterocycles. The van der Waals surface area contributed by atoms with E-state index in [9.17, 15) is 14.4 Å². The first-order valence-electron chi connectivity index (χ1n) is 5.50. The number of amides is 3. The van der Waals surface area contributed by atoms with Crippen LogP contribution in [0.1, 0.15) is 26.2 Å². The van der Waals surface area contributed by atoms with E-state index in [1.165, 1.54) is 0 Å². The molecule has 0 saturated carbocycles. The van der Waals surface area contributed by atoms with Gasteiger partial charge in [0, 0.05) is 12.6 Å². The maximum Gasteiger partial charge on any atom is 0.326 e. The molecule has 1 fully saturated rings. The van der Waals surface area contributed by atoms with Crippen LogP contribution < -0.4 is 11.1 Å². The lowest BCUT2D eigenvalue weighted by molar-refractivity contribution is -0.141. The molecule has 1 heterocycles. The molecule has 2 atom stereocenters. The first-order valence-corrected chi connectivity index (χ1v) is 5.50. The summed E-state index contributed by atoms with van der Waals surface area (Å²) in [5, 5.41) is 11.1. The molecule has 0 aromatic carbocycles. The van der Waals surface area contributed by atoms with Crippen LogP contribution in [0.4, 0.5) is 4.79 Å². The Bertz CT molecular complexity index is 332. The number of hydrogen-bond donors (Lipinski definition) is 3. The van der Waals surface area contributed by atoms with E-state index in [1.807, 2.05) is 6.92 Å². The number of aliphatic carboxylic acids is 1. The second-order valence-electron chi connectivity index (χ2n) is 4.20. The Labute approximate surface area is 98.9 Å². The summed E-state index contributed by atoms with van der Waals surface area (Å²) in [6, 6.07) is -1.62. The Kier molecular flexibility index (Phi) is 4.30. The van der Waals surface area contributed by atoms with E-state index in [4.69, 9.17) is 10.8 Å². The number of likely N-dealkylation sites (tertiary alicyclic amines) is 1. The molecule has 1 unspecified atom stereocenters. The van der Waals surface area contributed by atoms with Crippen LogP contribution >= 0.6 is 0 Å². The van der Waals surface area contributed by atoms with Crippen LogP contribution in [0.25, 0.3) is 0 Å². The molecule has 1 aliphatic rings. The minimum absolute atomic E-state index is 0.0954. The summed E-state index contributed by atoms with van der Waals surface area (Å²) in [4.78, 5) is 34.8. The van der Waals surface area contributed by atoms with Crippen molar-refractivity contribution in [3.8, 4) is 0 Å². The van der Waals surface area contributed by atoms with E-state index in [-0.39, 0.29) is 6.04 Å². The second-order valence-corrected chi connectivity index (χ2v) is 4.20. The first-order chi connectivity index (χ1) is 7.91. The van der Waals surface area contributed by atoms with Gasteiger partial charge < -0.3 is 21.1 Å². The van der Waals surface area contributed by atoms with Crippen molar-refractivity contribution in [3.63, 3.8) is 0 Å². The van der Waals surface area contributed by atoms with Gasteiger partial charge >= 0.3 is 12.0 Å². The highest BCUT2D eigenvalue weighted by Gasteiger charge is 2.29. The summed E-state index contributed by atoms with van der Waals surface area (Å²) in [7, 11) is 0. The minimum atomic E-state index is -1.26. The molecular formula is C10H17N3O4. The predicted molar refractivity (Wildman–Crippen MR) is 59.2 cm³/mol. The van der Waals surface area contributed by atoms with Crippen molar-refractivity contribution in [2.75, 3.05) is 6.54 Å². The van der Waals surface area contributed by atoms with Crippen molar-refractivity contribution in [2.45, 2.75) is 38.3 Å². The molecule has 0 aromatic rings. The standard InChI is InChI=1S/C10H17N3O4/c1-6-3-2-4-13(6)10(17)12-7(9(15)16)5-8(11)14/h6-7H,2-5H2,1H3,(H2,11,14)(H,12,17)(H,15,16)/t6?,7-/m0/s1. The van der Waals surface area contributed by atoms with Gasteiger partial charge in [-0.15, -0.1) is 0 Å². The van der Waals surface area contributed by atoms with E-state index >= 15 is 0 Å². The predicted octanol–water partition coefficient (Wildman–Crippen LogP) is -0.491. The number of carbonyl (C=O) groups is 3. The van der Waals surface area contributed by atoms with Crippen molar-refractivity contribution in [2.24, 2.45) is 5.73 Å². The first kappa shape index (κ1) is 13.3. The van der Waals surface area contributed by atoms with Crippen molar-refractivity contribution in [1.29, 1.82) is 0 Å². The summed E-state index contributed by atoms with van der Waals surface area (Å²) in [6.45, 7) is 2.51. The van der Waals surface area contributed by atoms with Gasteiger partial charge in [-0.2, -0.15) is 0 Å². The van der Waals surface area contributed by atoms with E-state index in [0.29, 0.717) is 6.54 Å². The third-order valence-corrected chi connectivity index (χ3v) is 2.81. The zero-order chi connectivity index (χ0) is 13.0. The quantitative estimate of drug-likeness (QED) is 0.618. The number of hydrogen-bond acceptors (Lipinski definition) is 3. The number of carboxylic acid groups (broad SMARTS) is 1. The van der Waals surface area contributed by atoms with E-state index in [2.05, 4.69) is 5.32 Å². The Hall–Kier alpha value is -1.79. The number of primary amides is 1. The van der Waals surface area contributed by atoms with Crippen LogP contribution in [-0.2, 0) is 9.59 Å². The highest BCUT2D eigenvalue weighted by atomic mass is 16.4. The van der Waals surface area contributed by atoms with Gasteiger partial charge in [-0.25, -0.2) is 9.59 Å². The fourth-order valence-corrected chi connectivity index (χ4v) is 1.87. The van der Waals surface area contributed by atoms with Gasteiger partial charge in [0.25, 0.3) is 0 Å². The van der Waals surface area contributed by atoms with Crippen molar-refractivity contribution < 1.29 is 19.5 Å². The molecule has 1 aliphatic heterocycles. The Balaban J connectivity index is 2.57. The maximum atomic E-state index is 11.8. The summed E-state index contributed by atoms with van der Waals surface area (Å²) >= 11 is 0. The highest BCUT2D eigenvalue weighted by Crippen LogP contribution is 2.16. The normalized spacial score (nSPS) is 21.0. The van der Waals surface area contributed by atoms with Gasteiger partial charge in [-0.05, 0) is 19.8 Å². The van der Waals surface area contributed by atoms with E-state index < -0.39 is 30.4 Å². The number of nitrogens with two attached hydrogens (primary N) is 1. The SMILES string of the molecule is CC1CCCN1C(=O)N[C@@H](CC(N)=O)C(=O)O. The Morgan fingerprint density at radius 1 is 1.53 bits per heavy atom. The summed E-state index contributed by atoms with van der Waals surface area (Å²) in [5.74, 6) is -2.02. The van der Waals surface area contributed by atoms with Gasteiger partial charge in [0.05, 0.1) is 6.42 Å². The Morgan fingerprint density at radius 2 is 2.18 bits per heavy atom. The molecular weight excluding hydrogens is 226 g/mol. The molecule has 1 rings (SSSR count). The number of rotatable bonds is 4. The van der Waals surface area contributed by atoms with Crippen LogP contribution in [-0.4, -0.2) is 46.5 Å². The van der Waals surface area contributed by atoms with Crippen LogP contribution in [0.2, 0.25) is 0 Å². The second kappa shape index (κ2) is 5.51. The number of urea groups is 1. The van der Waals surface area contributed by atoms with Crippen LogP contribution in [0, 0.1) is 0 Å². The lowest BCUT2D eigenvalue weighted by atomic mass is 10.2. The molecule has 96 valence electrons. The summed E-state index contributed by atoms with van der Waals surface area (Å²) in [6.07, 6.45) is 1.41. The average molecular weight is 243 g/mol. The maximum absolute atomic E-state index is 11.8. The number of carboxylic acids is 1. The molecule has 17 heavy (non-hydrogen) atoms. The largest absolute Gasteiger partial charge is 0.480 e. The number of nitrogens with zero attached hydrogens (tertiary/aromatic N) is 1. The van der Waals surface area contributed by atoms with Gasteiger partial charge in [0.2, 0.25) is 5.91 Å². The average Bonchev–Trinajstić information content (AvgIpc) is 2.62. The topological polar surface area (TPSA) is 113 Å². The zero-order valence-electron chi connectivity index (χ0n) is 9.68. The molecule has 3 amide bonds. The third kappa shape index (κ3) is 3.61. The molecule has 0 aromatic heterocycles. The van der Waals surface area contributed by atoms with Crippen molar-refractivity contribution in [1.82, 2.24) is 10.2 Å². The summed E-state index contributed by atoms with van der Waals surface area (Å²) < 4.78 is 0. The lowest BCUT2D eigenvalue weighted by Crippen LogP contribution is -2.50. The fourth-order valence-electron chi connectivity index (χ4n) is 1.87. The number of nitrogens with one attached hydrogen (secondary N) is 1. The van der Waals surface area contributed by atoms with Crippen LogP contribution in [0.3, 0.4) is 0 Å². The Morgan fingerprint density at radius 3 is 2.59 bits per heavy atom. The van der Waals surface area contributed by atoms with Gasteiger partial charge in [-0.3, -0.25) is 4.79 Å². The molecule has 0 radical (unpaired) electrons. The zero-order valence-corrected chi connectivity index (χ0v) is 9.68. The summed E-state index contributed by atoms with van der Waals surface area (Å²) in [5.41, 5.74) is 4.92. The van der Waals surface area contributed by atoms with Crippen LogP contribution in [0.5, 0.6) is 0 Å². The monoisotopic (exact) mass is 243 g/mol. The smallest absolute Gasteiger partial charge is 0.326 e. The molecule has 7 heteroatoms.